The molecule has 0 aliphatic carbocycles. The lowest BCUT2D eigenvalue weighted by Crippen LogP contribution is -2.13. The number of hydrogen-bond donors (Lipinski definition) is 0. The Morgan fingerprint density at radius 3 is 2.43 bits per heavy atom. The number of carbonyl (C=O) groups is 1. The normalized spacial score (nSPS) is 11.4. The molecule has 0 radical (unpaired) electrons. The van der Waals surface area contributed by atoms with Crippen molar-refractivity contribution >= 4 is 25.7 Å². The fraction of sp³-hybridized carbons (Fsp3) is 0.417. The number of hydrogen-bond acceptors (Lipinski definition) is 5. The zero-order chi connectivity index (χ0) is 16.0. The van der Waals surface area contributed by atoms with Crippen molar-refractivity contribution in [1.82, 2.24) is 0 Å². The lowest BCUT2D eigenvalue weighted by Gasteiger charge is -2.08. The molecule has 0 spiro atoms. The van der Waals surface area contributed by atoms with Crippen LogP contribution in [-0.4, -0.2) is 34.2 Å². The topological polar surface area (TPSA) is 69.7 Å². The Morgan fingerprint density at radius 1 is 1.19 bits per heavy atom. The smallest absolute Gasteiger partial charge is 0.341 e. The molecule has 0 aliphatic heterocycles. The van der Waals surface area contributed by atoms with E-state index in [0.717, 1.165) is 6.42 Å². The molecule has 0 aliphatic rings. The average molecular weight is 343 g/mol. The lowest BCUT2D eigenvalue weighted by atomic mass is 10.2. The Hall–Kier alpha value is -1.25. The van der Waals surface area contributed by atoms with Crippen molar-refractivity contribution in [3.63, 3.8) is 0 Å². The van der Waals surface area contributed by atoms with Gasteiger partial charge in [0.1, 0.15) is 23.1 Å². The molecule has 21 heavy (non-hydrogen) atoms. The highest BCUT2D eigenvalue weighted by molar-refractivity contribution is 8.13. The Labute approximate surface area is 125 Å². The van der Waals surface area contributed by atoms with E-state index < -0.39 is 37.1 Å². The maximum atomic E-state index is 13.5. The van der Waals surface area contributed by atoms with Gasteiger partial charge in [-0.25, -0.2) is 22.0 Å². The van der Waals surface area contributed by atoms with E-state index in [9.17, 15) is 22.0 Å². The minimum absolute atomic E-state index is 0.114. The van der Waals surface area contributed by atoms with Gasteiger partial charge in [0, 0.05) is 23.4 Å². The van der Waals surface area contributed by atoms with Gasteiger partial charge < -0.3 is 9.47 Å². The highest BCUT2D eigenvalue weighted by Crippen LogP contribution is 2.23. The first-order valence-electron chi connectivity index (χ1n) is 5.96. The molecule has 118 valence electrons. The van der Waals surface area contributed by atoms with Crippen LogP contribution in [0, 0.1) is 11.6 Å². The van der Waals surface area contributed by atoms with Crippen LogP contribution in [-0.2, 0) is 18.5 Å². The summed E-state index contributed by atoms with van der Waals surface area (Å²) in [6.07, 6.45) is 0.789. The number of ether oxygens (including phenoxy) is 2. The summed E-state index contributed by atoms with van der Waals surface area (Å²) < 4.78 is 58.7. The van der Waals surface area contributed by atoms with E-state index in [2.05, 4.69) is 0 Å². The van der Waals surface area contributed by atoms with Gasteiger partial charge in [0.15, 0.2) is 0 Å². The zero-order valence-electron chi connectivity index (χ0n) is 11.1. The quantitative estimate of drug-likeness (QED) is 0.432. The van der Waals surface area contributed by atoms with Crippen molar-refractivity contribution in [2.75, 3.05) is 19.8 Å². The van der Waals surface area contributed by atoms with Gasteiger partial charge in [-0.15, -0.1) is 0 Å². The molecule has 1 aromatic carbocycles. The molecular formula is C12H13ClF2O5S. The maximum Gasteiger partial charge on any atom is 0.341 e. The minimum atomic E-state index is -4.44. The van der Waals surface area contributed by atoms with Crippen molar-refractivity contribution in [2.24, 2.45) is 0 Å². The van der Waals surface area contributed by atoms with Crippen LogP contribution in [0.3, 0.4) is 0 Å². The van der Waals surface area contributed by atoms with Crippen LogP contribution >= 0.6 is 10.7 Å². The van der Waals surface area contributed by atoms with Gasteiger partial charge in [0.25, 0.3) is 9.05 Å². The average Bonchev–Trinajstić information content (AvgIpc) is 2.36. The van der Waals surface area contributed by atoms with Gasteiger partial charge in [-0.05, 0) is 12.5 Å². The number of rotatable bonds is 7. The van der Waals surface area contributed by atoms with Gasteiger partial charge >= 0.3 is 5.97 Å². The van der Waals surface area contributed by atoms with Gasteiger partial charge in [-0.2, -0.15) is 0 Å². The van der Waals surface area contributed by atoms with Crippen LogP contribution in [0.1, 0.15) is 23.7 Å². The van der Waals surface area contributed by atoms with Gasteiger partial charge in [-0.1, -0.05) is 6.92 Å². The highest BCUT2D eigenvalue weighted by Gasteiger charge is 2.23. The largest absolute Gasteiger partial charge is 0.460 e. The van der Waals surface area contributed by atoms with Crippen molar-refractivity contribution in [3.8, 4) is 0 Å². The Bertz CT molecular complexity index is 618. The molecule has 1 aromatic rings. The number of esters is 1. The Balaban J connectivity index is 2.85. The monoisotopic (exact) mass is 342 g/mol. The third-order valence-electron chi connectivity index (χ3n) is 2.31. The first-order valence-corrected chi connectivity index (χ1v) is 8.27. The van der Waals surface area contributed by atoms with E-state index in [1.807, 2.05) is 6.92 Å². The molecule has 0 saturated heterocycles. The first kappa shape index (κ1) is 17.8. The molecule has 5 nitrogen and oxygen atoms in total. The number of halogens is 3. The molecule has 0 bridgehead atoms. The fourth-order valence-corrected chi connectivity index (χ4v) is 2.30. The summed E-state index contributed by atoms with van der Waals surface area (Å²) in [5.41, 5.74) is -0.717. The SMILES string of the molecule is CCCOCCOC(=O)c1cc(S(=O)(=O)Cl)c(F)cc1F. The highest BCUT2D eigenvalue weighted by atomic mass is 35.7. The second-order valence-electron chi connectivity index (χ2n) is 3.95. The van der Waals surface area contributed by atoms with E-state index in [1.165, 1.54) is 0 Å². The molecule has 0 amide bonds. The van der Waals surface area contributed by atoms with Crippen LogP contribution in [0.4, 0.5) is 8.78 Å². The predicted octanol–water partition coefficient (Wildman–Crippen LogP) is 2.48. The molecule has 1 rings (SSSR count). The van der Waals surface area contributed by atoms with Crippen LogP contribution < -0.4 is 0 Å². The van der Waals surface area contributed by atoms with Crippen LogP contribution in [0.2, 0.25) is 0 Å². The summed E-state index contributed by atoms with van der Waals surface area (Å²) in [6.45, 7) is 2.35. The molecule has 0 fully saturated rings. The molecule has 0 aromatic heterocycles. The minimum Gasteiger partial charge on any atom is -0.460 e. The second kappa shape index (κ2) is 7.67. The van der Waals surface area contributed by atoms with Gasteiger partial charge in [0.2, 0.25) is 0 Å². The fourth-order valence-electron chi connectivity index (χ4n) is 1.39. The Morgan fingerprint density at radius 2 is 1.86 bits per heavy atom. The van der Waals surface area contributed by atoms with Crippen molar-refractivity contribution in [1.29, 1.82) is 0 Å². The molecule has 0 N–H and O–H groups in total. The van der Waals surface area contributed by atoms with E-state index in [4.69, 9.17) is 20.2 Å². The van der Waals surface area contributed by atoms with Crippen LogP contribution in [0.5, 0.6) is 0 Å². The summed E-state index contributed by atoms with van der Waals surface area (Å²) >= 11 is 0. The second-order valence-corrected chi connectivity index (χ2v) is 6.48. The first-order chi connectivity index (χ1) is 9.77. The third kappa shape index (κ3) is 5.22. The van der Waals surface area contributed by atoms with E-state index in [1.54, 1.807) is 0 Å². The summed E-state index contributed by atoms with van der Waals surface area (Å²) in [5, 5.41) is 0. The van der Waals surface area contributed by atoms with Crippen molar-refractivity contribution in [3.05, 3.63) is 29.3 Å². The van der Waals surface area contributed by atoms with Crippen LogP contribution in [0.25, 0.3) is 0 Å². The maximum absolute atomic E-state index is 13.5. The van der Waals surface area contributed by atoms with Gasteiger partial charge in [-0.3, -0.25) is 0 Å². The number of benzene rings is 1. The third-order valence-corrected chi connectivity index (χ3v) is 3.65. The molecule has 0 unspecified atom stereocenters. The van der Waals surface area contributed by atoms with E-state index in [-0.39, 0.29) is 19.3 Å². The lowest BCUT2D eigenvalue weighted by molar-refractivity contribution is 0.0314. The summed E-state index contributed by atoms with van der Waals surface area (Å²) in [7, 11) is 0.551. The zero-order valence-corrected chi connectivity index (χ0v) is 12.6. The van der Waals surface area contributed by atoms with Crippen molar-refractivity contribution < 1.29 is 31.5 Å². The molecule has 9 heteroatoms. The van der Waals surface area contributed by atoms with Crippen molar-refractivity contribution in [2.45, 2.75) is 18.2 Å². The van der Waals surface area contributed by atoms with Gasteiger partial charge in [0.05, 0.1) is 12.2 Å². The summed E-state index contributed by atoms with van der Waals surface area (Å²) in [6, 6.07) is 0.766. The summed E-state index contributed by atoms with van der Waals surface area (Å²) in [4.78, 5) is 10.6. The van der Waals surface area contributed by atoms with E-state index in [0.29, 0.717) is 12.7 Å². The molecule has 0 heterocycles. The number of carbonyl (C=O) groups excluding carboxylic acids is 1. The predicted molar refractivity (Wildman–Crippen MR) is 70.8 cm³/mol. The van der Waals surface area contributed by atoms with Crippen LogP contribution in [0.15, 0.2) is 17.0 Å². The Kier molecular flexibility index (Phi) is 6.50. The molecule has 0 atom stereocenters. The molecule has 0 saturated carbocycles. The molecular weight excluding hydrogens is 330 g/mol. The summed E-state index contributed by atoms with van der Waals surface area (Å²) in [5.74, 6) is -3.75. The standard InChI is InChI=1S/C12H13ClF2O5S/c1-2-3-19-4-5-20-12(16)8-6-11(21(13,17)18)10(15)7-9(8)14/h6-7H,2-5H2,1H3. The van der Waals surface area contributed by atoms with E-state index >= 15 is 0 Å².